The van der Waals surface area contributed by atoms with Crippen molar-refractivity contribution in [2.75, 3.05) is 11.9 Å². The lowest BCUT2D eigenvalue weighted by atomic mass is 10.1. The van der Waals surface area contributed by atoms with E-state index in [1.807, 2.05) is 0 Å². The Kier molecular flexibility index (Phi) is 6.39. The van der Waals surface area contributed by atoms with E-state index >= 15 is 0 Å². The molecule has 0 atom stereocenters. The smallest absolute Gasteiger partial charge is 0.340 e. The summed E-state index contributed by atoms with van der Waals surface area (Å²) < 4.78 is 6.56. The molecule has 0 unspecified atom stereocenters. The Bertz CT molecular complexity index is 1090. The summed E-state index contributed by atoms with van der Waals surface area (Å²) in [5, 5.41) is 4.81. The van der Waals surface area contributed by atoms with E-state index in [0.29, 0.717) is 11.3 Å². The third-order valence-electron chi connectivity index (χ3n) is 4.19. The number of rotatable bonds is 6. The van der Waals surface area contributed by atoms with Crippen LogP contribution in [0.3, 0.4) is 0 Å². The van der Waals surface area contributed by atoms with Crippen molar-refractivity contribution in [3.8, 4) is 0 Å². The monoisotopic (exact) mass is 405 g/mol. The van der Waals surface area contributed by atoms with Crippen LogP contribution in [0.2, 0.25) is 0 Å². The number of amides is 3. The van der Waals surface area contributed by atoms with Crippen LogP contribution in [0.1, 0.15) is 31.2 Å². The van der Waals surface area contributed by atoms with Crippen molar-refractivity contribution in [1.29, 1.82) is 0 Å². The number of carbonyl (C=O) groups excluding carboxylic acids is 4. The number of anilines is 1. The number of hydrogen-bond acceptors (Lipinski definition) is 5. The maximum atomic E-state index is 12.4. The molecule has 1 heterocycles. The molecule has 152 valence electrons. The second-order valence-electron chi connectivity index (χ2n) is 6.32. The van der Waals surface area contributed by atoms with E-state index in [1.54, 1.807) is 78.5 Å². The minimum atomic E-state index is -0.805. The molecule has 0 spiro atoms. The van der Waals surface area contributed by atoms with Gasteiger partial charge >= 0.3 is 5.97 Å². The number of aryl methyl sites for hydroxylation is 1. The van der Waals surface area contributed by atoms with E-state index in [4.69, 9.17) is 4.74 Å². The van der Waals surface area contributed by atoms with Gasteiger partial charge in [-0.1, -0.05) is 30.3 Å². The van der Waals surface area contributed by atoms with E-state index < -0.39 is 24.4 Å². The van der Waals surface area contributed by atoms with Gasteiger partial charge in [-0.05, 0) is 36.4 Å². The number of benzene rings is 2. The summed E-state index contributed by atoms with van der Waals surface area (Å²) in [6, 6.07) is 18.0. The Morgan fingerprint density at radius 1 is 0.867 bits per heavy atom. The number of ether oxygens (including phenoxy) is 1. The number of carbonyl (C=O) groups is 4. The zero-order chi connectivity index (χ0) is 21.5. The van der Waals surface area contributed by atoms with Crippen molar-refractivity contribution < 1.29 is 23.9 Å². The fourth-order valence-electron chi connectivity index (χ4n) is 2.69. The molecule has 0 aliphatic rings. The minimum absolute atomic E-state index is 0.0864. The molecule has 0 aliphatic carbocycles. The third kappa shape index (κ3) is 4.99. The lowest BCUT2D eigenvalue weighted by Crippen LogP contribution is -2.35. The SMILES string of the molecule is Cn1cccc1C(=O)NC(=O)COC(=O)c1ccccc1NC(=O)c1ccccc1. The van der Waals surface area contributed by atoms with Gasteiger partial charge in [0.25, 0.3) is 17.7 Å². The van der Waals surface area contributed by atoms with Gasteiger partial charge in [-0.2, -0.15) is 0 Å². The van der Waals surface area contributed by atoms with Crippen molar-refractivity contribution >= 4 is 29.4 Å². The van der Waals surface area contributed by atoms with Gasteiger partial charge in [0.15, 0.2) is 6.61 Å². The number of hydrogen-bond donors (Lipinski definition) is 2. The Hall–Kier alpha value is -4.20. The van der Waals surface area contributed by atoms with Gasteiger partial charge < -0.3 is 14.6 Å². The molecule has 2 N–H and O–H groups in total. The van der Waals surface area contributed by atoms with Gasteiger partial charge in [0, 0.05) is 18.8 Å². The van der Waals surface area contributed by atoms with Gasteiger partial charge in [0.2, 0.25) is 0 Å². The molecule has 0 saturated heterocycles. The largest absolute Gasteiger partial charge is 0.452 e. The van der Waals surface area contributed by atoms with Gasteiger partial charge in [-0.3, -0.25) is 19.7 Å². The van der Waals surface area contributed by atoms with E-state index in [9.17, 15) is 19.2 Å². The van der Waals surface area contributed by atoms with Crippen molar-refractivity contribution in [2.45, 2.75) is 0 Å². The highest BCUT2D eigenvalue weighted by Gasteiger charge is 2.18. The first-order chi connectivity index (χ1) is 14.5. The van der Waals surface area contributed by atoms with Crippen molar-refractivity contribution in [3.63, 3.8) is 0 Å². The molecule has 2 aromatic carbocycles. The molecule has 0 fully saturated rings. The Labute approximate surface area is 172 Å². The summed E-state index contributed by atoms with van der Waals surface area (Å²) in [5.74, 6) is -2.55. The molecule has 8 heteroatoms. The third-order valence-corrected chi connectivity index (χ3v) is 4.19. The highest BCUT2D eigenvalue weighted by Crippen LogP contribution is 2.17. The minimum Gasteiger partial charge on any atom is -0.452 e. The van der Waals surface area contributed by atoms with Crippen molar-refractivity contribution in [1.82, 2.24) is 9.88 Å². The van der Waals surface area contributed by atoms with Crippen LogP contribution in [0.15, 0.2) is 72.9 Å². The summed E-state index contributed by atoms with van der Waals surface area (Å²) in [5.41, 5.74) is 1.06. The number of para-hydroxylation sites is 1. The van der Waals surface area contributed by atoms with Crippen LogP contribution in [0.25, 0.3) is 0 Å². The molecule has 3 aromatic rings. The summed E-state index contributed by atoms with van der Waals surface area (Å²) in [7, 11) is 1.67. The fourth-order valence-corrected chi connectivity index (χ4v) is 2.69. The Morgan fingerprint density at radius 2 is 1.57 bits per heavy atom. The number of imide groups is 1. The molecule has 0 aliphatic heterocycles. The Balaban J connectivity index is 1.60. The van der Waals surface area contributed by atoms with E-state index in [-0.39, 0.29) is 17.2 Å². The van der Waals surface area contributed by atoms with Crippen LogP contribution in [0.5, 0.6) is 0 Å². The first-order valence-corrected chi connectivity index (χ1v) is 9.04. The van der Waals surface area contributed by atoms with Crippen LogP contribution >= 0.6 is 0 Å². The van der Waals surface area contributed by atoms with E-state index in [2.05, 4.69) is 10.6 Å². The second-order valence-corrected chi connectivity index (χ2v) is 6.32. The summed E-state index contributed by atoms with van der Waals surface area (Å²) in [6.45, 7) is -0.643. The fraction of sp³-hybridized carbons (Fsp3) is 0.0909. The van der Waals surface area contributed by atoms with Gasteiger partial charge in [0.1, 0.15) is 5.69 Å². The second kappa shape index (κ2) is 9.33. The maximum absolute atomic E-state index is 12.4. The van der Waals surface area contributed by atoms with E-state index in [1.165, 1.54) is 6.07 Å². The predicted molar refractivity (Wildman–Crippen MR) is 109 cm³/mol. The van der Waals surface area contributed by atoms with Crippen LogP contribution < -0.4 is 10.6 Å². The standard InChI is InChI=1S/C22H19N3O5/c1-25-13-7-12-18(25)21(28)24-19(26)14-30-22(29)16-10-5-6-11-17(16)23-20(27)15-8-3-2-4-9-15/h2-13H,14H2,1H3,(H,23,27)(H,24,26,28). The highest BCUT2D eigenvalue weighted by molar-refractivity contribution is 6.08. The highest BCUT2D eigenvalue weighted by atomic mass is 16.5. The molecule has 3 amide bonds. The Morgan fingerprint density at radius 3 is 2.27 bits per heavy atom. The van der Waals surface area contributed by atoms with Crippen LogP contribution in [0, 0.1) is 0 Å². The number of esters is 1. The number of nitrogens with one attached hydrogen (secondary N) is 2. The average molecular weight is 405 g/mol. The molecule has 8 nitrogen and oxygen atoms in total. The number of nitrogens with zero attached hydrogens (tertiary/aromatic N) is 1. The van der Waals surface area contributed by atoms with Crippen LogP contribution in [-0.2, 0) is 16.6 Å². The molecule has 0 saturated carbocycles. The topological polar surface area (TPSA) is 106 Å². The van der Waals surface area contributed by atoms with Gasteiger partial charge in [-0.25, -0.2) is 4.79 Å². The first kappa shape index (κ1) is 20.5. The molecule has 0 radical (unpaired) electrons. The maximum Gasteiger partial charge on any atom is 0.340 e. The van der Waals surface area contributed by atoms with E-state index in [0.717, 1.165) is 0 Å². The first-order valence-electron chi connectivity index (χ1n) is 9.04. The van der Waals surface area contributed by atoms with Crippen molar-refractivity contribution in [2.24, 2.45) is 7.05 Å². The predicted octanol–water partition coefficient (Wildman–Crippen LogP) is 2.39. The number of aromatic nitrogens is 1. The molecule has 0 bridgehead atoms. The van der Waals surface area contributed by atoms with Crippen LogP contribution in [0.4, 0.5) is 5.69 Å². The zero-order valence-electron chi connectivity index (χ0n) is 16.1. The van der Waals surface area contributed by atoms with Crippen molar-refractivity contribution in [3.05, 3.63) is 89.7 Å². The molecule has 30 heavy (non-hydrogen) atoms. The molecule has 3 rings (SSSR count). The van der Waals surface area contributed by atoms with Gasteiger partial charge in [0.05, 0.1) is 11.3 Å². The molecule has 1 aromatic heterocycles. The van der Waals surface area contributed by atoms with Crippen LogP contribution in [-0.4, -0.2) is 34.9 Å². The quantitative estimate of drug-likeness (QED) is 0.613. The lowest BCUT2D eigenvalue weighted by Gasteiger charge is -2.11. The summed E-state index contributed by atoms with van der Waals surface area (Å²) in [4.78, 5) is 48.7. The average Bonchev–Trinajstić information content (AvgIpc) is 3.19. The van der Waals surface area contributed by atoms with Gasteiger partial charge in [-0.15, -0.1) is 0 Å². The normalized spacial score (nSPS) is 10.2. The molecular formula is C22H19N3O5. The summed E-state index contributed by atoms with van der Waals surface area (Å²) in [6.07, 6.45) is 1.67. The lowest BCUT2D eigenvalue weighted by molar-refractivity contribution is -0.123. The summed E-state index contributed by atoms with van der Waals surface area (Å²) >= 11 is 0. The molecular weight excluding hydrogens is 386 g/mol. The zero-order valence-corrected chi connectivity index (χ0v) is 16.1.